The maximum absolute atomic E-state index is 5.60. The topological polar surface area (TPSA) is 64.9 Å². The van der Waals surface area contributed by atoms with Crippen molar-refractivity contribution in [2.75, 3.05) is 7.11 Å². The van der Waals surface area contributed by atoms with Crippen LogP contribution in [0.3, 0.4) is 0 Å². The Kier molecular flexibility index (Phi) is 2.84. The van der Waals surface area contributed by atoms with Crippen LogP contribution in [0.5, 0.6) is 0 Å². The zero-order valence-electron chi connectivity index (χ0n) is 10.2. The lowest BCUT2D eigenvalue weighted by Crippen LogP contribution is -2.44. The van der Waals surface area contributed by atoms with Crippen LogP contribution in [0.1, 0.15) is 37.9 Å². The Morgan fingerprint density at radius 2 is 2.29 bits per heavy atom. The van der Waals surface area contributed by atoms with Crippen molar-refractivity contribution in [2.45, 2.75) is 56.8 Å². The average Bonchev–Trinajstić information content (AvgIpc) is 3.01. The summed E-state index contributed by atoms with van der Waals surface area (Å²) >= 11 is 0. The molecule has 0 radical (unpaired) electrons. The summed E-state index contributed by atoms with van der Waals surface area (Å²) in [5, 5.41) is 15.3. The van der Waals surface area contributed by atoms with Gasteiger partial charge in [0.1, 0.15) is 0 Å². The molecule has 6 heteroatoms. The van der Waals surface area contributed by atoms with Crippen LogP contribution >= 0.6 is 0 Å². The van der Waals surface area contributed by atoms with E-state index in [0.717, 1.165) is 31.8 Å². The molecule has 3 rings (SSSR count). The van der Waals surface area contributed by atoms with Gasteiger partial charge in [0.2, 0.25) is 0 Å². The summed E-state index contributed by atoms with van der Waals surface area (Å²) in [5.41, 5.74) is -0.0241. The molecule has 2 fully saturated rings. The second kappa shape index (κ2) is 4.34. The van der Waals surface area contributed by atoms with E-state index in [2.05, 4.69) is 20.8 Å². The van der Waals surface area contributed by atoms with Crippen molar-refractivity contribution in [1.82, 2.24) is 25.5 Å². The lowest BCUT2D eigenvalue weighted by atomic mass is 9.80. The van der Waals surface area contributed by atoms with Crippen molar-refractivity contribution < 1.29 is 4.74 Å². The van der Waals surface area contributed by atoms with Crippen LogP contribution in [0.25, 0.3) is 0 Å². The largest absolute Gasteiger partial charge is 0.376 e. The first-order valence-corrected chi connectivity index (χ1v) is 6.35. The molecule has 0 saturated heterocycles. The molecular weight excluding hydrogens is 218 g/mol. The Hall–Kier alpha value is -1.01. The van der Waals surface area contributed by atoms with Gasteiger partial charge in [-0.25, -0.2) is 4.68 Å². The minimum absolute atomic E-state index is 0.0241. The summed E-state index contributed by atoms with van der Waals surface area (Å²) in [5.74, 6) is 0.917. The number of nitrogens with one attached hydrogen (secondary N) is 1. The molecule has 0 bridgehead atoms. The molecule has 1 aromatic heterocycles. The van der Waals surface area contributed by atoms with Crippen molar-refractivity contribution in [1.29, 1.82) is 0 Å². The second-order valence-electron chi connectivity index (χ2n) is 5.15. The van der Waals surface area contributed by atoms with E-state index < -0.39 is 0 Å². The number of nitrogens with zero attached hydrogens (tertiary/aromatic N) is 4. The van der Waals surface area contributed by atoms with Gasteiger partial charge in [0.15, 0.2) is 5.82 Å². The monoisotopic (exact) mass is 237 g/mol. The molecule has 17 heavy (non-hydrogen) atoms. The number of aromatic nitrogens is 4. The highest BCUT2D eigenvalue weighted by atomic mass is 16.5. The van der Waals surface area contributed by atoms with Gasteiger partial charge in [0.05, 0.1) is 18.7 Å². The summed E-state index contributed by atoms with van der Waals surface area (Å²) < 4.78 is 7.49. The first-order valence-electron chi connectivity index (χ1n) is 6.35. The number of methoxy groups -OCH3 is 1. The fourth-order valence-electron chi connectivity index (χ4n) is 2.27. The smallest absolute Gasteiger partial charge is 0.165 e. The van der Waals surface area contributed by atoms with Gasteiger partial charge in [0, 0.05) is 13.2 Å². The van der Waals surface area contributed by atoms with Gasteiger partial charge in [-0.2, -0.15) is 0 Å². The summed E-state index contributed by atoms with van der Waals surface area (Å²) in [6, 6.07) is 0.681. The van der Waals surface area contributed by atoms with Crippen LogP contribution in [-0.4, -0.2) is 39.0 Å². The first-order chi connectivity index (χ1) is 8.31. The Morgan fingerprint density at radius 1 is 1.47 bits per heavy atom. The second-order valence-corrected chi connectivity index (χ2v) is 5.15. The highest BCUT2D eigenvalue weighted by Crippen LogP contribution is 2.36. The Balaban J connectivity index is 1.63. The van der Waals surface area contributed by atoms with E-state index in [4.69, 9.17) is 4.74 Å². The minimum atomic E-state index is -0.0241. The summed E-state index contributed by atoms with van der Waals surface area (Å²) in [7, 11) is 1.78. The van der Waals surface area contributed by atoms with E-state index in [1.54, 1.807) is 7.11 Å². The molecule has 1 aromatic rings. The highest BCUT2D eigenvalue weighted by Gasteiger charge is 2.38. The van der Waals surface area contributed by atoms with Crippen LogP contribution in [0.2, 0.25) is 0 Å². The van der Waals surface area contributed by atoms with Gasteiger partial charge in [0.25, 0.3) is 0 Å². The van der Waals surface area contributed by atoms with Gasteiger partial charge in [-0.05, 0) is 42.5 Å². The fourth-order valence-corrected chi connectivity index (χ4v) is 2.27. The van der Waals surface area contributed by atoms with E-state index in [9.17, 15) is 0 Å². The van der Waals surface area contributed by atoms with Crippen molar-refractivity contribution in [3.8, 4) is 0 Å². The third-order valence-electron chi connectivity index (χ3n) is 3.87. The van der Waals surface area contributed by atoms with Gasteiger partial charge in [-0.1, -0.05) is 0 Å². The Bertz CT molecular complexity index is 377. The molecular formula is C11H19N5O. The lowest BCUT2D eigenvalue weighted by Gasteiger charge is -2.40. The number of tetrazole rings is 1. The molecule has 2 aliphatic carbocycles. The van der Waals surface area contributed by atoms with Crippen molar-refractivity contribution in [2.24, 2.45) is 0 Å². The Labute approximate surface area is 101 Å². The van der Waals surface area contributed by atoms with Crippen LogP contribution in [-0.2, 0) is 17.8 Å². The van der Waals surface area contributed by atoms with E-state index >= 15 is 0 Å². The molecule has 0 unspecified atom stereocenters. The molecule has 0 amide bonds. The van der Waals surface area contributed by atoms with Crippen molar-refractivity contribution >= 4 is 0 Å². The normalized spacial score (nSPS) is 22.4. The van der Waals surface area contributed by atoms with Crippen LogP contribution in [0, 0.1) is 0 Å². The number of hydrogen-bond donors (Lipinski definition) is 1. The van der Waals surface area contributed by atoms with Crippen LogP contribution < -0.4 is 5.32 Å². The van der Waals surface area contributed by atoms with Crippen molar-refractivity contribution in [3.05, 3.63) is 5.82 Å². The summed E-state index contributed by atoms with van der Waals surface area (Å²) in [6.07, 6.45) is 6.02. The van der Waals surface area contributed by atoms with E-state index in [0.29, 0.717) is 6.04 Å². The molecule has 0 spiro atoms. The van der Waals surface area contributed by atoms with Crippen LogP contribution in [0.4, 0.5) is 0 Å². The maximum Gasteiger partial charge on any atom is 0.165 e. The molecule has 2 saturated carbocycles. The Morgan fingerprint density at radius 3 is 2.88 bits per heavy atom. The summed E-state index contributed by atoms with van der Waals surface area (Å²) in [4.78, 5) is 0. The van der Waals surface area contributed by atoms with Gasteiger partial charge >= 0.3 is 0 Å². The maximum atomic E-state index is 5.60. The molecule has 1 N–H and O–H groups in total. The molecule has 1 heterocycles. The lowest BCUT2D eigenvalue weighted by molar-refractivity contribution is -0.0863. The standard InChI is InChI=1S/C11H19N5O/c1-17-11(5-2-6-11)8-16-10(13-14-15-16)7-12-9-3-4-9/h9,12H,2-8H2,1H3. The minimum Gasteiger partial charge on any atom is -0.376 e. The fraction of sp³-hybridized carbons (Fsp3) is 0.909. The molecule has 0 aromatic carbocycles. The highest BCUT2D eigenvalue weighted by molar-refractivity contribution is 4.93. The molecule has 94 valence electrons. The third kappa shape index (κ3) is 2.32. The van der Waals surface area contributed by atoms with Crippen LogP contribution in [0.15, 0.2) is 0 Å². The number of hydrogen-bond acceptors (Lipinski definition) is 5. The van der Waals surface area contributed by atoms with E-state index in [1.165, 1.54) is 19.3 Å². The predicted octanol–water partition coefficient (Wildman–Crippen LogP) is 0.494. The summed E-state index contributed by atoms with van der Waals surface area (Å²) in [6.45, 7) is 1.54. The van der Waals surface area contributed by atoms with Gasteiger partial charge in [-0.15, -0.1) is 5.10 Å². The number of rotatable bonds is 6. The molecule has 0 aliphatic heterocycles. The van der Waals surface area contributed by atoms with E-state index in [1.807, 2.05) is 4.68 Å². The predicted molar refractivity (Wildman–Crippen MR) is 61.3 cm³/mol. The zero-order chi connectivity index (χ0) is 11.7. The molecule has 2 aliphatic rings. The van der Waals surface area contributed by atoms with Crippen molar-refractivity contribution in [3.63, 3.8) is 0 Å². The third-order valence-corrected chi connectivity index (χ3v) is 3.87. The molecule has 0 atom stereocenters. The molecule has 6 nitrogen and oxygen atoms in total. The van der Waals surface area contributed by atoms with Gasteiger partial charge in [-0.3, -0.25) is 0 Å². The average molecular weight is 237 g/mol. The first kappa shape index (κ1) is 11.1. The SMILES string of the molecule is COC1(Cn2nnnc2CNC2CC2)CCC1. The zero-order valence-corrected chi connectivity index (χ0v) is 10.2. The number of ether oxygens (including phenoxy) is 1. The van der Waals surface area contributed by atoms with Gasteiger partial charge < -0.3 is 10.1 Å². The van der Waals surface area contributed by atoms with E-state index in [-0.39, 0.29) is 5.60 Å². The quantitative estimate of drug-likeness (QED) is 0.780.